The van der Waals surface area contributed by atoms with Crippen LogP contribution in [0, 0.1) is 5.92 Å². The average molecular weight is 213 g/mol. The minimum absolute atomic E-state index is 0.736. The SMILES string of the molecule is CC1CCC(c2ccc3cn[nH]c3c2)=NC1. The molecule has 0 bridgehead atoms. The van der Waals surface area contributed by atoms with Crippen molar-refractivity contribution in [3.8, 4) is 0 Å². The van der Waals surface area contributed by atoms with Gasteiger partial charge >= 0.3 is 0 Å². The van der Waals surface area contributed by atoms with Crippen LogP contribution in [0.25, 0.3) is 10.9 Å². The first-order valence-electron chi connectivity index (χ1n) is 5.80. The third kappa shape index (κ3) is 1.62. The third-order valence-corrected chi connectivity index (χ3v) is 3.24. The molecule has 0 saturated carbocycles. The molecule has 0 amide bonds. The predicted molar refractivity (Wildman–Crippen MR) is 65.9 cm³/mol. The highest BCUT2D eigenvalue weighted by Gasteiger charge is 2.13. The molecule has 0 fully saturated rings. The standard InChI is InChI=1S/C13H15N3/c1-9-2-5-12(14-7-9)10-3-4-11-8-15-16-13(11)6-10/h3-4,6,8-9H,2,5,7H2,1H3,(H,15,16). The van der Waals surface area contributed by atoms with E-state index in [0.717, 1.165) is 29.8 Å². The summed E-state index contributed by atoms with van der Waals surface area (Å²) in [5, 5.41) is 8.20. The molecule has 0 radical (unpaired) electrons. The lowest BCUT2D eigenvalue weighted by Gasteiger charge is -2.17. The van der Waals surface area contributed by atoms with Crippen LogP contribution in [0.3, 0.4) is 0 Å². The highest BCUT2D eigenvalue weighted by atomic mass is 15.1. The highest BCUT2D eigenvalue weighted by molar-refractivity contribution is 6.03. The zero-order chi connectivity index (χ0) is 11.0. The van der Waals surface area contributed by atoms with E-state index in [0.29, 0.717) is 0 Å². The molecule has 1 aromatic carbocycles. The minimum Gasteiger partial charge on any atom is -0.289 e. The number of fused-ring (bicyclic) bond motifs is 1. The topological polar surface area (TPSA) is 41.0 Å². The molecule has 82 valence electrons. The second-order valence-electron chi connectivity index (χ2n) is 4.60. The largest absolute Gasteiger partial charge is 0.289 e. The van der Waals surface area contributed by atoms with Gasteiger partial charge in [-0.25, -0.2) is 0 Å². The third-order valence-electron chi connectivity index (χ3n) is 3.24. The summed E-state index contributed by atoms with van der Waals surface area (Å²) < 4.78 is 0. The summed E-state index contributed by atoms with van der Waals surface area (Å²) in [6, 6.07) is 6.40. The minimum atomic E-state index is 0.736. The van der Waals surface area contributed by atoms with E-state index in [1.165, 1.54) is 17.7 Å². The lowest BCUT2D eigenvalue weighted by molar-refractivity contribution is 0.538. The molecule has 3 nitrogen and oxygen atoms in total. The van der Waals surface area contributed by atoms with Gasteiger partial charge in [0, 0.05) is 17.6 Å². The van der Waals surface area contributed by atoms with Crippen molar-refractivity contribution in [1.29, 1.82) is 0 Å². The van der Waals surface area contributed by atoms with E-state index >= 15 is 0 Å². The number of H-pyrrole nitrogens is 1. The van der Waals surface area contributed by atoms with Crippen molar-refractivity contribution in [3.05, 3.63) is 30.0 Å². The summed E-state index contributed by atoms with van der Waals surface area (Å²) >= 11 is 0. The van der Waals surface area contributed by atoms with E-state index in [-0.39, 0.29) is 0 Å². The maximum absolute atomic E-state index is 4.65. The van der Waals surface area contributed by atoms with Crippen molar-refractivity contribution in [2.75, 3.05) is 6.54 Å². The van der Waals surface area contributed by atoms with Crippen LogP contribution in [0.2, 0.25) is 0 Å². The second kappa shape index (κ2) is 3.74. The number of aromatic nitrogens is 2. The number of aliphatic imine (C=N–C) groups is 1. The number of hydrogen-bond donors (Lipinski definition) is 1. The molecular weight excluding hydrogens is 198 g/mol. The summed E-state index contributed by atoms with van der Waals surface area (Å²) in [4.78, 5) is 4.65. The monoisotopic (exact) mass is 213 g/mol. The van der Waals surface area contributed by atoms with E-state index in [2.05, 4.69) is 40.3 Å². The number of rotatable bonds is 1. The van der Waals surface area contributed by atoms with Gasteiger partial charge in [0.2, 0.25) is 0 Å². The van der Waals surface area contributed by atoms with Crippen LogP contribution in [-0.4, -0.2) is 22.5 Å². The predicted octanol–water partition coefficient (Wildman–Crippen LogP) is 2.78. The molecule has 0 saturated heterocycles. The van der Waals surface area contributed by atoms with Gasteiger partial charge in [0.25, 0.3) is 0 Å². The zero-order valence-electron chi connectivity index (χ0n) is 9.40. The summed E-state index contributed by atoms with van der Waals surface area (Å²) in [7, 11) is 0. The van der Waals surface area contributed by atoms with Gasteiger partial charge in [-0.15, -0.1) is 0 Å². The average Bonchev–Trinajstić information content (AvgIpc) is 2.77. The van der Waals surface area contributed by atoms with Gasteiger partial charge in [-0.3, -0.25) is 10.1 Å². The van der Waals surface area contributed by atoms with Gasteiger partial charge in [-0.2, -0.15) is 5.10 Å². The molecule has 1 unspecified atom stereocenters. The van der Waals surface area contributed by atoms with Gasteiger partial charge in [-0.1, -0.05) is 19.1 Å². The van der Waals surface area contributed by atoms with Crippen LogP contribution in [-0.2, 0) is 0 Å². The summed E-state index contributed by atoms with van der Waals surface area (Å²) in [6.07, 6.45) is 4.20. The fourth-order valence-electron chi connectivity index (χ4n) is 2.17. The normalized spacial score (nSPS) is 21.1. The summed E-state index contributed by atoms with van der Waals surface area (Å²) in [5.74, 6) is 0.736. The van der Waals surface area contributed by atoms with Crippen LogP contribution >= 0.6 is 0 Å². The Morgan fingerprint density at radius 1 is 1.38 bits per heavy atom. The molecule has 1 aliphatic heterocycles. The summed E-state index contributed by atoms with van der Waals surface area (Å²) in [6.45, 7) is 3.23. The van der Waals surface area contributed by atoms with Crippen molar-refractivity contribution in [1.82, 2.24) is 10.2 Å². The van der Waals surface area contributed by atoms with Crippen molar-refractivity contribution in [2.45, 2.75) is 19.8 Å². The number of aromatic amines is 1. The molecule has 1 aliphatic rings. The fourth-order valence-corrected chi connectivity index (χ4v) is 2.17. The van der Waals surface area contributed by atoms with Gasteiger partial charge in [0.05, 0.1) is 11.7 Å². The van der Waals surface area contributed by atoms with Gasteiger partial charge in [0.15, 0.2) is 0 Å². The fraction of sp³-hybridized carbons (Fsp3) is 0.385. The van der Waals surface area contributed by atoms with Crippen LogP contribution in [0.1, 0.15) is 25.3 Å². The van der Waals surface area contributed by atoms with Crippen LogP contribution < -0.4 is 0 Å². The Morgan fingerprint density at radius 3 is 3.12 bits per heavy atom. The van der Waals surface area contributed by atoms with Crippen LogP contribution in [0.15, 0.2) is 29.4 Å². The first-order chi connectivity index (χ1) is 7.83. The number of nitrogens with zero attached hydrogens (tertiary/aromatic N) is 2. The van der Waals surface area contributed by atoms with Gasteiger partial charge < -0.3 is 0 Å². The van der Waals surface area contributed by atoms with Crippen LogP contribution in [0.4, 0.5) is 0 Å². The molecule has 2 aromatic rings. The molecule has 3 heteroatoms. The Bertz CT molecular complexity index is 539. The smallest absolute Gasteiger partial charge is 0.0656 e. The Morgan fingerprint density at radius 2 is 2.31 bits per heavy atom. The Kier molecular flexibility index (Phi) is 2.24. The van der Waals surface area contributed by atoms with E-state index in [1.807, 2.05) is 6.20 Å². The van der Waals surface area contributed by atoms with Crippen molar-refractivity contribution >= 4 is 16.6 Å². The van der Waals surface area contributed by atoms with Gasteiger partial charge in [0.1, 0.15) is 0 Å². The molecule has 16 heavy (non-hydrogen) atoms. The number of benzene rings is 1. The Balaban J connectivity index is 1.99. The highest BCUT2D eigenvalue weighted by Crippen LogP contribution is 2.20. The van der Waals surface area contributed by atoms with Crippen molar-refractivity contribution in [2.24, 2.45) is 10.9 Å². The molecule has 1 N–H and O–H groups in total. The molecule has 0 spiro atoms. The first kappa shape index (κ1) is 9.58. The van der Waals surface area contributed by atoms with E-state index in [9.17, 15) is 0 Å². The zero-order valence-corrected chi connectivity index (χ0v) is 9.40. The Labute approximate surface area is 94.6 Å². The number of nitrogens with one attached hydrogen (secondary N) is 1. The first-order valence-corrected chi connectivity index (χ1v) is 5.80. The quantitative estimate of drug-likeness (QED) is 0.777. The van der Waals surface area contributed by atoms with Crippen LogP contribution in [0.5, 0.6) is 0 Å². The molecular formula is C13H15N3. The van der Waals surface area contributed by atoms with Gasteiger partial charge in [-0.05, 0) is 30.4 Å². The number of hydrogen-bond acceptors (Lipinski definition) is 2. The van der Waals surface area contributed by atoms with E-state index in [1.54, 1.807) is 0 Å². The second-order valence-corrected chi connectivity index (χ2v) is 4.60. The molecule has 3 rings (SSSR count). The molecule has 0 aliphatic carbocycles. The lowest BCUT2D eigenvalue weighted by Crippen LogP contribution is -2.14. The van der Waals surface area contributed by atoms with Crippen molar-refractivity contribution in [3.63, 3.8) is 0 Å². The molecule has 1 aromatic heterocycles. The summed E-state index contributed by atoms with van der Waals surface area (Å²) in [5.41, 5.74) is 3.58. The van der Waals surface area contributed by atoms with Crippen molar-refractivity contribution < 1.29 is 0 Å². The lowest BCUT2D eigenvalue weighted by atomic mass is 9.95. The molecule has 1 atom stereocenters. The van der Waals surface area contributed by atoms with E-state index < -0.39 is 0 Å². The maximum Gasteiger partial charge on any atom is 0.0656 e. The maximum atomic E-state index is 4.65. The van der Waals surface area contributed by atoms with E-state index in [4.69, 9.17) is 0 Å². The molecule has 2 heterocycles. The Hall–Kier alpha value is -1.64.